The van der Waals surface area contributed by atoms with Gasteiger partial charge in [0.2, 0.25) is 0 Å². The van der Waals surface area contributed by atoms with E-state index in [-0.39, 0.29) is 30.3 Å². The van der Waals surface area contributed by atoms with Crippen LogP contribution in [0, 0.1) is 18.3 Å². The summed E-state index contributed by atoms with van der Waals surface area (Å²) in [4.78, 5) is 12.6. The van der Waals surface area contributed by atoms with Gasteiger partial charge < -0.3 is 14.0 Å². The van der Waals surface area contributed by atoms with Crippen LogP contribution in [0.25, 0.3) is 0 Å². The zero-order chi connectivity index (χ0) is 17.8. The third kappa shape index (κ3) is 3.62. The van der Waals surface area contributed by atoms with Crippen LogP contribution < -0.4 is 5.56 Å². The quantitative estimate of drug-likeness (QED) is 0.809. The summed E-state index contributed by atoms with van der Waals surface area (Å²) >= 11 is 0. The van der Waals surface area contributed by atoms with Gasteiger partial charge in [-0.25, -0.2) is 4.68 Å². The highest BCUT2D eigenvalue weighted by Crippen LogP contribution is 2.19. The number of methoxy groups -OCH3 is 1. The lowest BCUT2D eigenvalue weighted by Crippen LogP contribution is -2.27. The Labute approximate surface area is 145 Å². The SMILES string of the molecule is COCc1cc(C)n(Cc2cn(C3CCOCC3)nn2)c(=O)c1C#N. The number of ether oxygens (including phenoxy) is 2. The molecule has 1 aliphatic rings. The minimum Gasteiger partial charge on any atom is -0.381 e. The number of aromatic nitrogens is 4. The molecule has 0 saturated carbocycles. The van der Waals surface area contributed by atoms with Crippen molar-refractivity contribution in [3.63, 3.8) is 0 Å². The molecule has 0 amide bonds. The Morgan fingerprint density at radius 2 is 2.20 bits per heavy atom. The van der Waals surface area contributed by atoms with Crippen LogP contribution in [0.15, 0.2) is 17.1 Å². The molecule has 8 nitrogen and oxygen atoms in total. The Hall–Kier alpha value is -2.50. The van der Waals surface area contributed by atoms with E-state index < -0.39 is 0 Å². The summed E-state index contributed by atoms with van der Waals surface area (Å²) in [5.74, 6) is 0. The van der Waals surface area contributed by atoms with Crippen LogP contribution in [0.3, 0.4) is 0 Å². The Morgan fingerprint density at radius 3 is 2.88 bits per heavy atom. The van der Waals surface area contributed by atoms with Crippen LogP contribution in [0.5, 0.6) is 0 Å². The van der Waals surface area contributed by atoms with Crippen molar-refractivity contribution in [2.24, 2.45) is 0 Å². The van der Waals surface area contributed by atoms with Crippen molar-refractivity contribution >= 4 is 0 Å². The van der Waals surface area contributed by atoms with E-state index in [0.717, 1.165) is 31.7 Å². The minimum absolute atomic E-state index is 0.115. The first-order valence-electron chi connectivity index (χ1n) is 8.25. The molecule has 1 aliphatic heterocycles. The molecule has 0 bridgehead atoms. The lowest BCUT2D eigenvalue weighted by molar-refractivity contribution is 0.0657. The molecule has 3 heterocycles. The molecule has 2 aromatic heterocycles. The number of hydrogen-bond donors (Lipinski definition) is 0. The van der Waals surface area contributed by atoms with Crippen LogP contribution in [0.1, 0.15) is 41.4 Å². The molecule has 132 valence electrons. The second-order valence-electron chi connectivity index (χ2n) is 6.16. The van der Waals surface area contributed by atoms with Crippen molar-refractivity contribution < 1.29 is 9.47 Å². The van der Waals surface area contributed by atoms with Crippen LogP contribution in [0.2, 0.25) is 0 Å². The number of rotatable bonds is 5. The maximum Gasteiger partial charge on any atom is 0.269 e. The number of aryl methyl sites for hydroxylation is 1. The Kier molecular flexibility index (Phi) is 5.26. The van der Waals surface area contributed by atoms with Gasteiger partial charge in [-0.1, -0.05) is 5.21 Å². The van der Waals surface area contributed by atoms with Crippen LogP contribution in [-0.2, 0) is 22.6 Å². The zero-order valence-electron chi connectivity index (χ0n) is 14.4. The van der Waals surface area contributed by atoms with Crippen LogP contribution in [-0.4, -0.2) is 39.9 Å². The van der Waals surface area contributed by atoms with Gasteiger partial charge in [-0.15, -0.1) is 5.10 Å². The highest BCUT2D eigenvalue weighted by molar-refractivity contribution is 5.37. The molecule has 0 N–H and O–H groups in total. The van der Waals surface area contributed by atoms with E-state index in [9.17, 15) is 10.1 Å². The fraction of sp³-hybridized carbons (Fsp3) is 0.529. The molecule has 0 aromatic carbocycles. The molecule has 0 radical (unpaired) electrons. The largest absolute Gasteiger partial charge is 0.381 e. The Balaban J connectivity index is 1.87. The Morgan fingerprint density at radius 1 is 1.44 bits per heavy atom. The predicted molar refractivity (Wildman–Crippen MR) is 89.1 cm³/mol. The molecule has 1 fully saturated rings. The monoisotopic (exact) mass is 343 g/mol. The van der Waals surface area contributed by atoms with E-state index >= 15 is 0 Å². The average Bonchev–Trinajstić information content (AvgIpc) is 3.08. The van der Waals surface area contributed by atoms with Crippen molar-refractivity contribution in [1.82, 2.24) is 19.6 Å². The second kappa shape index (κ2) is 7.59. The molecule has 3 rings (SSSR count). The third-order valence-corrected chi connectivity index (χ3v) is 4.44. The van der Waals surface area contributed by atoms with Gasteiger partial charge in [-0.05, 0) is 25.8 Å². The first-order valence-corrected chi connectivity index (χ1v) is 8.25. The molecule has 25 heavy (non-hydrogen) atoms. The maximum atomic E-state index is 12.6. The van der Waals surface area contributed by atoms with Crippen molar-refractivity contribution in [3.8, 4) is 6.07 Å². The number of nitrogens with zero attached hydrogens (tertiary/aromatic N) is 5. The Bertz CT molecular complexity index is 843. The van der Waals surface area contributed by atoms with Crippen molar-refractivity contribution in [3.05, 3.63) is 45.1 Å². The topological polar surface area (TPSA) is 95.0 Å². The number of nitriles is 1. The van der Waals surface area contributed by atoms with E-state index in [1.165, 1.54) is 7.11 Å². The highest BCUT2D eigenvalue weighted by atomic mass is 16.5. The molecular weight excluding hydrogens is 322 g/mol. The smallest absolute Gasteiger partial charge is 0.269 e. The first-order chi connectivity index (χ1) is 12.1. The first kappa shape index (κ1) is 17.3. The lowest BCUT2D eigenvalue weighted by atomic mass is 10.1. The predicted octanol–water partition coefficient (Wildman–Crippen LogP) is 1.17. The van der Waals surface area contributed by atoms with Crippen molar-refractivity contribution in [2.75, 3.05) is 20.3 Å². The normalized spacial score (nSPS) is 15.2. The standard InChI is InChI=1S/C17H21N5O3/c1-12-7-13(11-24-2)16(8-18)17(23)21(12)9-14-10-22(20-19-14)15-3-5-25-6-4-15/h7,10,15H,3-6,9,11H2,1-2H3. The molecule has 0 atom stereocenters. The van der Waals surface area contributed by atoms with Gasteiger partial charge in [0.1, 0.15) is 17.3 Å². The molecule has 0 spiro atoms. The summed E-state index contributed by atoms with van der Waals surface area (Å²) in [5.41, 5.74) is 1.85. The summed E-state index contributed by atoms with van der Waals surface area (Å²) < 4.78 is 13.8. The van der Waals surface area contributed by atoms with Gasteiger partial charge in [0.25, 0.3) is 5.56 Å². The van der Waals surface area contributed by atoms with Gasteiger partial charge in [-0.2, -0.15) is 5.26 Å². The van der Waals surface area contributed by atoms with E-state index in [1.54, 1.807) is 4.57 Å². The zero-order valence-corrected chi connectivity index (χ0v) is 14.4. The summed E-state index contributed by atoms with van der Waals surface area (Å²) in [6.45, 7) is 3.82. The summed E-state index contributed by atoms with van der Waals surface area (Å²) in [5, 5.41) is 17.7. The van der Waals surface area contributed by atoms with Gasteiger partial charge in [0.05, 0.1) is 25.4 Å². The highest BCUT2D eigenvalue weighted by Gasteiger charge is 2.18. The number of hydrogen-bond acceptors (Lipinski definition) is 6. The van der Waals surface area contributed by atoms with E-state index in [2.05, 4.69) is 10.3 Å². The maximum absolute atomic E-state index is 12.6. The summed E-state index contributed by atoms with van der Waals surface area (Å²) in [7, 11) is 1.54. The average molecular weight is 343 g/mol. The van der Waals surface area contributed by atoms with Crippen LogP contribution >= 0.6 is 0 Å². The molecule has 1 saturated heterocycles. The lowest BCUT2D eigenvalue weighted by Gasteiger charge is -2.21. The van der Waals surface area contributed by atoms with Gasteiger partial charge in [0, 0.05) is 31.6 Å². The van der Waals surface area contributed by atoms with Crippen molar-refractivity contribution in [1.29, 1.82) is 5.26 Å². The van der Waals surface area contributed by atoms with Crippen LogP contribution in [0.4, 0.5) is 0 Å². The van der Waals surface area contributed by atoms with Gasteiger partial charge in [0.15, 0.2) is 0 Å². The summed E-state index contributed by atoms with van der Waals surface area (Å²) in [6, 6.07) is 4.09. The van der Waals surface area contributed by atoms with E-state index in [0.29, 0.717) is 11.3 Å². The molecule has 2 aromatic rings. The van der Waals surface area contributed by atoms with Gasteiger partial charge >= 0.3 is 0 Å². The summed E-state index contributed by atoms with van der Waals surface area (Å²) in [6.07, 6.45) is 3.69. The second-order valence-corrected chi connectivity index (χ2v) is 6.16. The molecule has 0 unspecified atom stereocenters. The fourth-order valence-corrected chi connectivity index (χ4v) is 3.10. The fourth-order valence-electron chi connectivity index (χ4n) is 3.10. The molecule has 0 aliphatic carbocycles. The van der Waals surface area contributed by atoms with Gasteiger partial charge in [-0.3, -0.25) is 4.79 Å². The van der Waals surface area contributed by atoms with E-state index in [1.807, 2.05) is 29.9 Å². The van der Waals surface area contributed by atoms with E-state index in [4.69, 9.17) is 9.47 Å². The molecule has 8 heteroatoms. The minimum atomic E-state index is -0.324. The molecular formula is C17H21N5O3. The third-order valence-electron chi connectivity index (χ3n) is 4.44. The van der Waals surface area contributed by atoms with Crippen molar-refractivity contribution in [2.45, 2.75) is 39.0 Å². The number of pyridine rings is 1.